The summed E-state index contributed by atoms with van der Waals surface area (Å²) in [5, 5.41) is 12.1. The fourth-order valence-corrected chi connectivity index (χ4v) is 1.57. The first-order chi connectivity index (χ1) is 7.16. The molecule has 1 rings (SSSR count). The second-order valence-corrected chi connectivity index (χ2v) is 3.69. The van der Waals surface area contributed by atoms with Gasteiger partial charge in [0, 0.05) is 6.54 Å². The van der Waals surface area contributed by atoms with Crippen molar-refractivity contribution in [1.29, 1.82) is 0 Å². The largest absolute Gasteiger partial charge is 0.478 e. The van der Waals surface area contributed by atoms with Gasteiger partial charge >= 0.3 is 5.97 Å². The van der Waals surface area contributed by atoms with E-state index in [0.717, 1.165) is 19.4 Å². The maximum atomic E-state index is 11.0. The lowest BCUT2D eigenvalue weighted by Gasteiger charge is -2.30. The number of likely N-dealkylation sites (N-methyl/N-ethyl adjacent to an activating group) is 1. The normalized spacial score (nSPS) is 19.9. The number of aliphatic carboxylic acids is 1. The number of dihydropyridines is 1. The molecule has 0 spiro atoms. The molecule has 0 fully saturated rings. The van der Waals surface area contributed by atoms with Crippen molar-refractivity contribution in [2.24, 2.45) is 0 Å². The van der Waals surface area contributed by atoms with Gasteiger partial charge < -0.3 is 10.4 Å². The summed E-state index contributed by atoms with van der Waals surface area (Å²) in [5.74, 6) is -0.861. The molecule has 0 aromatic rings. The van der Waals surface area contributed by atoms with Crippen molar-refractivity contribution in [3.63, 3.8) is 0 Å². The number of carboxylic acids is 1. The molecule has 0 saturated heterocycles. The van der Waals surface area contributed by atoms with Crippen LogP contribution in [0.25, 0.3) is 0 Å². The highest BCUT2D eigenvalue weighted by Gasteiger charge is 2.24. The molecule has 0 amide bonds. The van der Waals surface area contributed by atoms with E-state index in [-0.39, 0.29) is 6.17 Å². The maximum absolute atomic E-state index is 11.0. The first-order valence-electron chi connectivity index (χ1n) is 5.23. The van der Waals surface area contributed by atoms with Crippen LogP contribution in [0.1, 0.15) is 19.8 Å². The van der Waals surface area contributed by atoms with Crippen LogP contribution in [0.2, 0.25) is 0 Å². The van der Waals surface area contributed by atoms with E-state index in [1.54, 1.807) is 18.4 Å². The minimum absolute atomic E-state index is 0.209. The molecule has 84 valence electrons. The molecule has 0 aromatic heterocycles. The molecule has 1 heterocycles. The van der Waals surface area contributed by atoms with Gasteiger partial charge in [-0.1, -0.05) is 13.3 Å². The number of allylic oxidation sites excluding steroid dienone is 2. The topological polar surface area (TPSA) is 52.6 Å². The van der Waals surface area contributed by atoms with Gasteiger partial charge in [0.05, 0.1) is 5.57 Å². The highest BCUT2D eigenvalue weighted by atomic mass is 16.4. The third-order valence-electron chi connectivity index (χ3n) is 2.47. The average Bonchev–Trinajstić information content (AvgIpc) is 2.25. The summed E-state index contributed by atoms with van der Waals surface area (Å²) in [4.78, 5) is 13.0. The molecule has 4 heteroatoms. The van der Waals surface area contributed by atoms with Gasteiger partial charge in [0.25, 0.3) is 0 Å². The molecular weight excluding hydrogens is 192 g/mol. The van der Waals surface area contributed by atoms with Crippen LogP contribution in [0.4, 0.5) is 0 Å². The number of carboxylic acid groups (broad SMARTS) is 1. The molecule has 0 radical (unpaired) electrons. The fourth-order valence-electron chi connectivity index (χ4n) is 1.57. The van der Waals surface area contributed by atoms with Crippen LogP contribution in [-0.2, 0) is 4.79 Å². The Morgan fingerprint density at radius 3 is 3.00 bits per heavy atom. The Morgan fingerprint density at radius 2 is 2.40 bits per heavy atom. The quantitative estimate of drug-likeness (QED) is 0.715. The minimum Gasteiger partial charge on any atom is -0.478 e. The number of nitrogens with zero attached hydrogens (tertiary/aromatic N) is 1. The average molecular weight is 210 g/mol. The zero-order chi connectivity index (χ0) is 11.3. The summed E-state index contributed by atoms with van der Waals surface area (Å²) in [5.41, 5.74) is 0.399. The summed E-state index contributed by atoms with van der Waals surface area (Å²) in [6.07, 6.45) is 7.11. The number of hydrogen-bond acceptors (Lipinski definition) is 3. The first-order valence-corrected chi connectivity index (χ1v) is 5.23. The highest BCUT2D eigenvalue weighted by molar-refractivity contribution is 5.88. The lowest BCUT2D eigenvalue weighted by Crippen LogP contribution is -2.45. The Bertz CT molecular complexity index is 284. The third kappa shape index (κ3) is 3.09. The van der Waals surface area contributed by atoms with Crippen LogP contribution in [0.3, 0.4) is 0 Å². The van der Waals surface area contributed by atoms with E-state index in [4.69, 9.17) is 5.11 Å². The van der Waals surface area contributed by atoms with E-state index < -0.39 is 5.97 Å². The van der Waals surface area contributed by atoms with Gasteiger partial charge in [-0.15, -0.1) is 0 Å². The zero-order valence-corrected chi connectivity index (χ0v) is 9.23. The molecule has 1 atom stereocenters. The Labute approximate surface area is 90.3 Å². The van der Waals surface area contributed by atoms with Crippen molar-refractivity contribution >= 4 is 5.97 Å². The van der Waals surface area contributed by atoms with E-state index in [1.807, 2.05) is 11.9 Å². The number of rotatable bonds is 5. The summed E-state index contributed by atoms with van der Waals surface area (Å²) >= 11 is 0. The van der Waals surface area contributed by atoms with Crippen molar-refractivity contribution in [3.8, 4) is 0 Å². The summed E-state index contributed by atoms with van der Waals surface area (Å²) < 4.78 is 0. The maximum Gasteiger partial charge on any atom is 0.335 e. The summed E-state index contributed by atoms with van der Waals surface area (Å²) in [6.45, 7) is 3.02. The van der Waals surface area contributed by atoms with Crippen LogP contribution in [0.5, 0.6) is 0 Å². The zero-order valence-electron chi connectivity index (χ0n) is 9.23. The van der Waals surface area contributed by atoms with Crippen molar-refractivity contribution in [1.82, 2.24) is 10.2 Å². The molecule has 1 unspecified atom stereocenters. The SMILES string of the molecule is CCCCN(C)C1NC=CC=C1C(=O)O. The molecule has 0 aliphatic carbocycles. The van der Waals surface area contributed by atoms with Gasteiger partial charge in [-0.25, -0.2) is 4.79 Å². The number of nitrogens with one attached hydrogen (secondary N) is 1. The van der Waals surface area contributed by atoms with Crippen LogP contribution in [0, 0.1) is 0 Å². The van der Waals surface area contributed by atoms with Gasteiger partial charge in [-0.3, -0.25) is 4.90 Å². The first kappa shape index (κ1) is 11.8. The van der Waals surface area contributed by atoms with Crippen LogP contribution in [0.15, 0.2) is 23.9 Å². The molecule has 15 heavy (non-hydrogen) atoms. The van der Waals surface area contributed by atoms with Crippen LogP contribution >= 0.6 is 0 Å². The van der Waals surface area contributed by atoms with Crippen molar-refractivity contribution in [2.45, 2.75) is 25.9 Å². The molecule has 4 nitrogen and oxygen atoms in total. The lowest BCUT2D eigenvalue weighted by molar-refractivity contribution is -0.133. The standard InChI is InChI=1S/C11H18N2O2/c1-3-4-8-13(2)10-9(11(14)15)6-5-7-12-10/h5-7,10,12H,3-4,8H2,1-2H3,(H,14,15). The second-order valence-electron chi connectivity index (χ2n) is 3.69. The lowest BCUT2D eigenvalue weighted by atomic mass is 10.1. The predicted molar refractivity (Wildman–Crippen MR) is 59.3 cm³/mol. The van der Waals surface area contributed by atoms with Crippen LogP contribution in [-0.4, -0.2) is 35.7 Å². The molecule has 0 saturated carbocycles. The van der Waals surface area contributed by atoms with Crippen molar-refractivity contribution in [2.75, 3.05) is 13.6 Å². The van der Waals surface area contributed by atoms with Crippen LogP contribution < -0.4 is 5.32 Å². The number of carbonyl (C=O) groups is 1. The number of unbranched alkanes of at least 4 members (excludes halogenated alkanes) is 1. The fraction of sp³-hybridized carbons (Fsp3) is 0.545. The minimum atomic E-state index is -0.861. The molecular formula is C11H18N2O2. The molecule has 1 aliphatic rings. The molecule has 1 aliphatic heterocycles. The van der Waals surface area contributed by atoms with E-state index in [9.17, 15) is 4.79 Å². The molecule has 0 aromatic carbocycles. The van der Waals surface area contributed by atoms with E-state index in [0.29, 0.717) is 5.57 Å². The Balaban J connectivity index is 2.64. The predicted octanol–water partition coefficient (Wildman–Crippen LogP) is 1.17. The van der Waals surface area contributed by atoms with E-state index in [2.05, 4.69) is 12.2 Å². The second kappa shape index (κ2) is 5.56. The molecule has 0 bridgehead atoms. The smallest absolute Gasteiger partial charge is 0.335 e. The van der Waals surface area contributed by atoms with Gasteiger partial charge in [0.15, 0.2) is 0 Å². The summed E-state index contributed by atoms with van der Waals surface area (Å²) in [6, 6.07) is 0. The van der Waals surface area contributed by atoms with E-state index >= 15 is 0 Å². The van der Waals surface area contributed by atoms with E-state index in [1.165, 1.54) is 0 Å². The third-order valence-corrected chi connectivity index (χ3v) is 2.47. The van der Waals surface area contributed by atoms with Crippen molar-refractivity contribution < 1.29 is 9.90 Å². The van der Waals surface area contributed by atoms with Gasteiger partial charge in [0.1, 0.15) is 6.17 Å². The van der Waals surface area contributed by atoms with Crippen molar-refractivity contribution in [3.05, 3.63) is 23.9 Å². The van der Waals surface area contributed by atoms with Gasteiger partial charge in [-0.2, -0.15) is 0 Å². The Morgan fingerprint density at radius 1 is 1.67 bits per heavy atom. The number of hydrogen-bond donors (Lipinski definition) is 2. The Kier molecular flexibility index (Phi) is 4.37. The summed E-state index contributed by atoms with van der Waals surface area (Å²) in [7, 11) is 1.93. The van der Waals surface area contributed by atoms with Gasteiger partial charge in [-0.05, 0) is 31.8 Å². The monoisotopic (exact) mass is 210 g/mol. The Hall–Kier alpha value is -1.29. The van der Waals surface area contributed by atoms with Gasteiger partial charge in [0.2, 0.25) is 0 Å². The molecule has 2 N–H and O–H groups in total. The highest BCUT2D eigenvalue weighted by Crippen LogP contribution is 2.11.